The van der Waals surface area contributed by atoms with Crippen molar-refractivity contribution in [3.63, 3.8) is 0 Å². The van der Waals surface area contributed by atoms with Crippen LogP contribution in [0.3, 0.4) is 0 Å². The molecule has 1 atom stereocenters. The lowest BCUT2D eigenvalue weighted by atomic mass is 10.0. The van der Waals surface area contributed by atoms with Crippen LogP contribution in [0.4, 0.5) is 0 Å². The van der Waals surface area contributed by atoms with Crippen molar-refractivity contribution < 1.29 is 9.97 Å². The molecule has 4 nitrogen and oxygen atoms in total. The Kier molecular flexibility index (Phi) is 17.7. The number of nitrogens with one attached hydrogen (secondary N) is 2. The van der Waals surface area contributed by atoms with Crippen LogP contribution >= 0.6 is 0 Å². The van der Waals surface area contributed by atoms with Crippen LogP contribution in [0.25, 0.3) is 0 Å². The summed E-state index contributed by atoms with van der Waals surface area (Å²) in [6, 6.07) is 0. The Bertz CT molecular complexity index is 296. The largest absolute Gasteiger partial charge is 0.608 e. The minimum Gasteiger partial charge on any atom is -0.608 e. The summed E-state index contributed by atoms with van der Waals surface area (Å²) in [6.45, 7) is 7.01. The van der Waals surface area contributed by atoms with Crippen LogP contribution in [0.2, 0.25) is 0 Å². The van der Waals surface area contributed by atoms with E-state index in [0.717, 1.165) is 25.2 Å². The summed E-state index contributed by atoms with van der Waals surface area (Å²) in [5, 5.41) is 11.2. The predicted molar refractivity (Wildman–Crippen MR) is 107 cm³/mol. The van der Waals surface area contributed by atoms with Gasteiger partial charge in [-0.15, -0.1) is 0 Å². The first-order valence-corrected chi connectivity index (χ1v) is 10.9. The van der Waals surface area contributed by atoms with Gasteiger partial charge in [-0.25, -0.2) is 5.43 Å². The molecule has 0 aliphatic heterocycles. The van der Waals surface area contributed by atoms with Gasteiger partial charge < -0.3 is 5.21 Å². The molecule has 25 heavy (non-hydrogen) atoms. The maximum Gasteiger partial charge on any atom is 0.265 e. The van der Waals surface area contributed by atoms with Crippen LogP contribution in [0.15, 0.2) is 0 Å². The molecule has 1 unspecified atom stereocenters. The zero-order chi connectivity index (χ0) is 18.8. The number of carbonyl (C=O) groups is 1. The highest BCUT2D eigenvalue weighted by Gasteiger charge is 2.04. The minimum atomic E-state index is -0.132. The number of rotatable bonds is 18. The molecule has 0 spiro atoms. The van der Waals surface area contributed by atoms with Gasteiger partial charge in [0.15, 0.2) is 0 Å². The third-order valence-corrected chi connectivity index (χ3v) is 4.69. The van der Waals surface area contributed by atoms with E-state index in [9.17, 15) is 10.0 Å². The molecule has 0 fully saturated rings. The van der Waals surface area contributed by atoms with E-state index in [0.29, 0.717) is 13.0 Å². The second-order valence-corrected chi connectivity index (χ2v) is 7.90. The van der Waals surface area contributed by atoms with Gasteiger partial charge in [-0.2, -0.15) is 0 Å². The Labute approximate surface area is 156 Å². The molecule has 150 valence electrons. The maximum absolute atomic E-state index is 11.5. The Morgan fingerprint density at radius 2 is 1.28 bits per heavy atom. The summed E-state index contributed by atoms with van der Waals surface area (Å²) in [4.78, 5) is 11.5. The van der Waals surface area contributed by atoms with Crippen molar-refractivity contribution in [3.8, 4) is 0 Å². The third-order valence-electron chi connectivity index (χ3n) is 4.69. The van der Waals surface area contributed by atoms with Gasteiger partial charge in [0.05, 0.1) is 6.54 Å². The lowest BCUT2D eigenvalue weighted by Gasteiger charge is -2.20. The average molecular weight is 357 g/mol. The normalized spacial score (nSPS) is 12.5. The molecule has 0 aliphatic rings. The Morgan fingerprint density at radius 1 is 0.840 bits per heavy atom. The van der Waals surface area contributed by atoms with Crippen molar-refractivity contribution in [2.45, 2.75) is 117 Å². The number of hydrogen-bond acceptors (Lipinski definition) is 2. The smallest absolute Gasteiger partial charge is 0.265 e. The second-order valence-electron chi connectivity index (χ2n) is 7.90. The highest BCUT2D eigenvalue weighted by Crippen LogP contribution is 2.14. The average Bonchev–Trinajstić information content (AvgIpc) is 2.55. The summed E-state index contributed by atoms with van der Waals surface area (Å²) in [7, 11) is 0. The van der Waals surface area contributed by atoms with Crippen molar-refractivity contribution in [2.75, 3.05) is 6.54 Å². The van der Waals surface area contributed by atoms with E-state index in [2.05, 4.69) is 19.3 Å². The van der Waals surface area contributed by atoms with Crippen molar-refractivity contribution in [1.29, 1.82) is 0 Å². The van der Waals surface area contributed by atoms with Gasteiger partial charge in [0, 0.05) is 6.42 Å². The molecule has 0 radical (unpaired) electrons. The molecular formula is C21H44N2O2. The first-order valence-electron chi connectivity index (χ1n) is 10.9. The van der Waals surface area contributed by atoms with E-state index in [1.54, 1.807) is 0 Å². The number of hydrogen-bond donors (Lipinski definition) is 2. The fraction of sp³-hybridized carbons (Fsp3) is 0.952. The van der Waals surface area contributed by atoms with Crippen molar-refractivity contribution in [3.05, 3.63) is 5.21 Å². The highest BCUT2D eigenvalue weighted by atomic mass is 16.5. The third kappa shape index (κ3) is 19.6. The van der Waals surface area contributed by atoms with Crippen LogP contribution < -0.4 is 10.6 Å². The van der Waals surface area contributed by atoms with Crippen molar-refractivity contribution in [1.82, 2.24) is 5.43 Å². The summed E-state index contributed by atoms with van der Waals surface area (Å²) in [5.74, 6) is 0.754. The Hall–Kier alpha value is -0.610. The van der Waals surface area contributed by atoms with Crippen LogP contribution in [-0.4, -0.2) is 12.5 Å². The molecule has 0 aliphatic carbocycles. The van der Waals surface area contributed by atoms with Crippen molar-refractivity contribution >= 4 is 5.91 Å². The maximum atomic E-state index is 11.5. The highest BCUT2D eigenvalue weighted by molar-refractivity contribution is 5.74. The molecule has 0 rings (SSSR count). The van der Waals surface area contributed by atoms with E-state index in [4.69, 9.17) is 0 Å². The van der Waals surface area contributed by atoms with E-state index in [1.807, 2.05) is 6.92 Å². The fourth-order valence-electron chi connectivity index (χ4n) is 3.11. The summed E-state index contributed by atoms with van der Waals surface area (Å²) >= 11 is 0. The number of hydroxylamine groups is 1. The van der Waals surface area contributed by atoms with Crippen LogP contribution in [0.5, 0.6) is 0 Å². The van der Waals surface area contributed by atoms with Gasteiger partial charge in [-0.3, -0.25) is 9.97 Å². The molecule has 0 saturated heterocycles. The topological polar surface area (TPSA) is 56.6 Å². The van der Waals surface area contributed by atoms with Crippen LogP contribution in [0.1, 0.15) is 117 Å². The zero-order valence-corrected chi connectivity index (χ0v) is 17.2. The summed E-state index contributed by atoms with van der Waals surface area (Å²) in [5.41, 5.74) is 2.45. The summed E-state index contributed by atoms with van der Waals surface area (Å²) < 4.78 is 0. The lowest BCUT2D eigenvalue weighted by Crippen LogP contribution is -3.14. The van der Waals surface area contributed by atoms with Gasteiger partial charge in [-0.05, 0) is 18.8 Å². The summed E-state index contributed by atoms with van der Waals surface area (Å²) in [6.07, 6.45) is 18.3. The molecule has 0 aromatic carbocycles. The Morgan fingerprint density at radius 3 is 1.72 bits per heavy atom. The molecule has 0 saturated carbocycles. The first kappa shape index (κ1) is 24.4. The van der Waals surface area contributed by atoms with Gasteiger partial charge >= 0.3 is 0 Å². The van der Waals surface area contributed by atoms with E-state index >= 15 is 0 Å². The SMILES string of the molecule is CCC[NH+]([O-])NC(=O)CCCCCCCCCCCCCCC(C)C. The Balaban J connectivity index is 3.17. The van der Waals surface area contributed by atoms with Gasteiger partial charge in [0.2, 0.25) is 0 Å². The molecule has 4 heteroatoms. The van der Waals surface area contributed by atoms with E-state index in [-0.39, 0.29) is 11.1 Å². The van der Waals surface area contributed by atoms with E-state index < -0.39 is 0 Å². The number of carbonyl (C=O) groups excluding carboxylic acids is 1. The molecule has 0 aromatic rings. The van der Waals surface area contributed by atoms with Gasteiger partial charge in [0.25, 0.3) is 5.91 Å². The molecule has 0 bridgehead atoms. The first-order chi connectivity index (χ1) is 12.1. The molecule has 1 amide bonds. The van der Waals surface area contributed by atoms with E-state index in [1.165, 1.54) is 70.6 Å². The van der Waals surface area contributed by atoms with Crippen molar-refractivity contribution in [2.24, 2.45) is 5.92 Å². The standard InChI is InChI=1S/C21H44N2O2/c1-4-19-23(25)22-21(24)18-16-14-12-10-8-6-5-7-9-11-13-15-17-20(2)3/h20,23H,4-19H2,1-3H3,(H,22,24). The number of amides is 1. The number of unbranched alkanes of at least 4 members (excludes halogenated alkanes) is 11. The predicted octanol–water partition coefficient (Wildman–Crippen LogP) is 4.93. The minimum absolute atomic E-state index is 0.105. The molecule has 0 heterocycles. The fourth-order valence-corrected chi connectivity index (χ4v) is 3.11. The van der Waals surface area contributed by atoms with Crippen LogP contribution in [0, 0.1) is 11.1 Å². The van der Waals surface area contributed by atoms with Crippen LogP contribution in [-0.2, 0) is 4.79 Å². The zero-order valence-electron chi connectivity index (χ0n) is 17.2. The van der Waals surface area contributed by atoms with Gasteiger partial charge in [-0.1, -0.05) is 97.8 Å². The number of quaternary nitrogens is 1. The lowest BCUT2D eigenvalue weighted by molar-refractivity contribution is -0.886. The second kappa shape index (κ2) is 18.2. The molecule has 0 aromatic heterocycles. The molecule has 2 N–H and O–H groups in total. The monoisotopic (exact) mass is 356 g/mol. The quantitative estimate of drug-likeness (QED) is 0.270. The van der Waals surface area contributed by atoms with Gasteiger partial charge in [0.1, 0.15) is 0 Å². The molecular weight excluding hydrogens is 312 g/mol.